The Morgan fingerprint density at radius 3 is 2.80 bits per heavy atom. The second kappa shape index (κ2) is 6.64. The van der Waals surface area contributed by atoms with Crippen LogP contribution in [0.15, 0.2) is 22.8 Å². The van der Waals surface area contributed by atoms with Gasteiger partial charge in [-0.2, -0.15) is 0 Å². The van der Waals surface area contributed by atoms with Gasteiger partial charge in [0.2, 0.25) is 0 Å². The number of likely N-dealkylation sites (N-methyl/N-ethyl adjacent to an activating group) is 1. The van der Waals surface area contributed by atoms with Crippen molar-refractivity contribution in [2.75, 3.05) is 14.2 Å². The standard InChI is InChI=1S/C12H21NO2/c1-4-6-12(14-3)11(13-2)9-10-7-5-8-15-10/h5,7-8,11-13H,4,6,9H2,1-3H3. The third kappa shape index (κ3) is 3.68. The Kier molecular flexibility index (Phi) is 5.43. The fourth-order valence-corrected chi connectivity index (χ4v) is 1.83. The van der Waals surface area contributed by atoms with Gasteiger partial charge in [-0.15, -0.1) is 0 Å². The van der Waals surface area contributed by atoms with Gasteiger partial charge in [0.15, 0.2) is 0 Å². The minimum atomic E-state index is 0.255. The summed E-state index contributed by atoms with van der Waals surface area (Å²) in [5.74, 6) is 1.01. The Morgan fingerprint density at radius 2 is 2.33 bits per heavy atom. The quantitative estimate of drug-likeness (QED) is 0.751. The number of rotatable bonds is 7. The van der Waals surface area contributed by atoms with Crippen LogP contribution in [-0.2, 0) is 11.2 Å². The molecule has 0 aromatic carbocycles. The molecule has 1 aromatic heterocycles. The summed E-state index contributed by atoms with van der Waals surface area (Å²) in [6.45, 7) is 2.17. The van der Waals surface area contributed by atoms with Crippen molar-refractivity contribution in [3.05, 3.63) is 24.2 Å². The lowest BCUT2D eigenvalue weighted by Crippen LogP contribution is -2.40. The van der Waals surface area contributed by atoms with E-state index in [1.807, 2.05) is 19.2 Å². The molecule has 0 bridgehead atoms. The normalized spacial score (nSPS) is 15.1. The minimum Gasteiger partial charge on any atom is -0.469 e. The molecular weight excluding hydrogens is 190 g/mol. The average Bonchev–Trinajstić information content (AvgIpc) is 2.75. The van der Waals surface area contributed by atoms with Gasteiger partial charge in [0, 0.05) is 19.6 Å². The summed E-state index contributed by atoms with van der Waals surface area (Å²) >= 11 is 0. The third-order valence-corrected chi connectivity index (χ3v) is 2.70. The second-order valence-corrected chi connectivity index (χ2v) is 3.74. The van der Waals surface area contributed by atoms with Crippen LogP contribution in [0.4, 0.5) is 0 Å². The number of methoxy groups -OCH3 is 1. The molecule has 15 heavy (non-hydrogen) atoms. The van der Waals surface area contributed by atoms with Crippen LogP contribution in [-0.4, -0.2) is 26.3 Å². The van der Waals surface area contributed by atoms with Crippen LogP contribution in [0.1, 0.15) is 25.5 Å². The van der Waals surface area contributed by atoms with Crippen molar-refractivity contribution in [1.29, 1.82) is 0 Å². The molecule has 0 aliphatic heterocycles. The Hall–Kier alpha value is -0.800. The summed E-state index contributed by atoms with van der Waals surface area (Å²) in [7, 11) is 3.74. The van der Waals surface area contributed by atoms with Crippen LogP contribution in [0.3, 0.4) is 0 Å². The minimum absolute atomic E-state index is 0.255. The van der Waals surface area contributed by atoms with Crippen LogP contribution >= 0.6 is 0 Å². The number of hydrogen-bond acceptors (Lipinski definition) is 3. The summed E-state index contributed by atoms with van der Waals surface area (Å²) in [6.07, 6.45) is 5.05. The first-order valence-corrected chi connectivity index (χ1v) is 5.54. The predicted molar refractivity (Wildman–Crippen MR) is 61.0 cm³/mol. The van der Waals surface area contributed by atoms with Gasteiger partial charge in [0.25, 0.3) is 0 Å². The molecule has 0 radical (unpaired) electrons. The number of ether oxygens (including phenoxy) is 1. The van der Waals surface area contributed by atoms with E-state index in [0.29, 0.717) is 6.04 Å². The van der Waals surface area contributed by atoms with E-state index in [9.17, 15) is 0 Å². The first-order valence-electron chi connectivity index (χ1n) is 5.54. The van der Waals surface area contributed by atoms with E-state index >= 15 is 0 Å². The van der Waals surface area contributed by atoms with Gasteiger partial charge in [-0.05, 0) is 25.6 Å². The largest absolute Gasteiger partial charge is 0.469 e. The molecule has 0 fully saturated rings. The van der Waals surface area contributed by atoms with Gasteiger partial charge in [-0.25, -0.2) is 0 Å². The van der Waals surface area contributed by atoms with Crippen molar-refractivity contribution >= 4 is 0 Å². The Bertz CT molecular complexity index is 246. The molecule has 0 aliphatic rings. The van der Waals surface area contributed by atoms with Gasteiger partial charge < -0.3 is 14.5 Å². The monoisotopic (exact) mass is 211 g/mol. The number of nitrogens with one attached hydrogen (secondary N) is 1. The third-order valence-electron chi connectivity index (χ3n) is 2.70. The lowest BCUT2D eigenvalue weighted by atomic mass is 10.0. The maximum Gasteiger partial charge on any atom is 0.105 e. The van der Waals surface area contributed by atoms with E-state index < -0.39 is 0 Å². The summed E-state index contributed by atoms with van der Waals surface area (Å²) in [5.41, 5.74) is 0. The van der Waals surface area contributed by atoms with Crippen molar-refractivity contribution in [2.45, 2.75) is 38.3 Å². The Morgan fingerprint density at radius 1 is 1.53 bits per heavy atom. The molecule has 3 heteroatoms. The molecule has 2 atom stereocenters. The lowest BCUT2D eigenvalue weighted by Gasteiger charge is -2.24. The molecule has 0 amide bonds. The SMILES string of the molecule is CCCC(OC)C(Cc1ccco1)NC. The molecule has 0 aliphatic carbocycles. The first kappa shape index (κ1) is 12.3. The van der Waals surface area contributed by atoms with E-state index in [-0.39, 0.29) is 6.10 Å². The fourth-order valence-electron chi connectivity index (χ4n) is 1.83. The summed E-state index contributed by atoms with van der Waals surface area (Å²) in [6, 6.07) is 4.24. The fraction of sp³-hybridized carbons (Fsp3) is 0.667. The van der Waals surface area contributed by atoms with Crippen LogP contribution in [0.25, 0.3) is 0 Å². The van der Waals surface area contributed by atoms with Gasteiger partial charge in [0.1, 0.15) is 5.76 Å². The molecule has 3 nitrogen and oxygen atoms in total. The molecule has 1 N–H and O–H groups in total. The predicted octanol–water partition coefficient (Wildman–Crippen LogP) is 2.23. The highest BCUT2D eigenvalue weighted by Crippen LogP contribution is 2.12. The molecule has 1 aromatic rings. The molecule has 86 valence electrons. The van der Waals surface area contributed by atoms with Gasteiger partial charge in [-0.3, -0.25) is 0 Å². The summed E-state index contributed by atoms with van der Waals surface area (Å²) in [5, 5.41) is 3.29. The van der Waals surface area contributed by atoms with Crippen LogP contribution < -0.4 is 5.32 Å². The van der Waals surface area contributed by atoms with Crippen LogP contribution in [0.2, 0.25) is 0 Å². The van der Waals surface area contributed by atoms with Gasteiger partial charge >= 0.3 is 0 Å². The lowest BCUT2D eigenvalue weighted by molar-refractivity contribution is 0.0617. The molecular formula is C12H21NO2. The van der Waals surface area contributed by atoms with Crippen molar-refractivity contribution in [3.63, 3.8) is 0 Å². The topological polar surface area (TPSA) is 34.4 Å². The maximum atomic E-state index is 5.49. The smallest absolute Gasteiger partial charge is 0.105 e. The van der Waals surface area contributed by atoms with E-state index in [1.54, 1.807) is 13.4 Å². The number of furan rings is 1. The number of hydrogen-bond donors (Lipinski definition) is 1. The first-order chi connectivity index (χ1) is 7.31. The van der Waals surface area contributed by atoms with Gasteiger partial charge in [-0.1, -0.05) is 13.3 Å². The van der Waals surface area contributed by atoms with E-state index in [2.05, 4.69) is 12.2 Å². The summed E-state index contributed by atoms with van der Waals surface area (Å²) in [4.78, 5) is 0. The zero-order chi connectivity index (χ0) is 11.1. The molecule has 2 unspecified atom stereocenters. The summed E-state index contributed by atoms with van der Waals surface area (Å²) < 4.78 is 10.8. The van der Waals surface area contributed by atoms with Crippen molar-refractivity contribution in [3.8, 4) is 0 Å². The van der Waals surface area contributed by atoms with E-state index in [4.69, 9.17) is 9.15 Å². The Labute approximate surface area is 91.8 Å². The van der Waals surface area contributed by atoms with E-state index in [1.165, 1.54) is 0 Å². The van der Waals surface area contributed by atoms with Crippen molar-refractivity contribution in [1.82, 2.24) is 5.32 Å². The second-order valence-electron chi connectivity index (χ2n) is 3.74. The highest BCUT2D eigenvalue weighted by Gasteiger charge is 2.19. The van der Waals surface area contributed by atoms with Crippen molar-refractivity contribution < 1.29 is 9.15 Å². The molecule has 1 rings (SSSR count). The van der Waals surface area contributed by atoms with Crippen LogP contribution in [0.5, 0.6) is 0 Å². The van der Waals surface area contributed by atoms with E-state index in [0.717, 1.165) is 25.0 Å². The van der Waals surface area contributed by atoms with Gasteiger partial charge in [0.05, 0.1) is 12.4 Å². The Balaban J connectivity index is 2.53. The van der Waals surface area contributed by atoms with Crippen LogP contribution in [0, 0.1) is 0 Å². The zero-order valence-electron chi connectivity index (χ0n) is 9.82. The highest BCUT2D eigenvalue weighted by atomic mass is 16.5. The molecule has 0 saturated heterocycles. The maximum absolute atomic E-state index is 5.49. The average molecular weight is 211 g/mol. The zero-order valence-corrected chi connectivity index (χ0v) is 9.82. The molecule has 0 saturated carbocycles. The molecule has 0 spiro atoms. The van der Waals surface area contributed by atoms with Crippen molar-refractivity contribution in [2.24, 2.45) is 0 Å². The molecule has 1 heterocycles. The highest BCUT2D eigenvalue weighted by molar-refractivity contribution is 5.01.